The van der Waals surface area contributed by atoms with Crippen LogP contribution in [0.1, 0.15) is 10.4 Å². The number of para-hydroxylation sites is 1. The third-order valence-electron chi connectivity index (χ3n) is 3.09. The largest absolute Gasteiger partial charge is 0.497 e. The van der Waals surface area contributed by atoms with Crippen molar-refractivity contribution >= 4 is 38.3 Å². The van der Waals surface area contributed by atoms with Gasteiger partial charge in [0.15, 0.2) is 5.13 Å². The molecule has 7 heteroatoms. The van der Waals surface area contributed by atoms with Crippen LogP contribution in [-0.4, -0.2) is 18.0 Å². The highest BCUT2D eigenvalue weighted by Gasteiger charge is 2.13. The number of carbonyl (C=O) groups excluding carboxylic acids is 1. The number of anilines is 1. The minimum atomic E-state index is -0.336. The lowest BCUT2D eigenvalue weighted by Gasteiger charge is -2.03. The molecule has 0 radical (unpaired) electrons. The zero-order chi connectivity index (χ0) is 15.5. The van der Waals surface area contributed by atoms with Gasteiger partial charge in [0, 0.05) is 0 Å². The molecule has 2 N–H and O–H groups in total. The van der Waals surface area contributed by atoms with E-state index in [0.717, 1.165) is 16.0 Å². The number of nitrogens with zero attached hydrogens (tertiary/aromatic N) is 2. The highest BCUT2D eigenvalue weighted by atomic mass is 32.1. The SMILES string of the molecule is COc1ccc2nc(NC(=O)c3ccccc3N=N)sc2c1. The number of thiazole rings is 1. The Morgan fingerprint density at radius 2 is 2.14 bits per heavy atom. The lowest BCUT2D eigenvalue weighted by molar-refractivity contribution is 0.102. The number of nitrogens with one attached hydrogen (secondary N) is 2. The van der Waals surface area contributed by atoms with Crippen LogP contribution in [0.5, 0.6) is 5.75 Å². The number of hydrogen-bond donors (Lipinski definition) is 2. The van der Waals surface area contributed by atoms with E-state index in [2.05, 4.69) is 15.4 Å². The van der Waals surface area contributed by atoms with E-state index >= 15 is 0 Å². The lowest BCUT2D eigenvalue weighted by atomic mass is 10.2. The number of hydrogen-bond acceptors (Lipinski definition) is 6. The van der Waals surface area contributed by atoms with Gasteiger partial charge in [-0.15, -0.1) is 0 Å². The molecule has 3 rings (SSSR count). The van der Waals surface area contributed by atoms with Crippen LogP contribution in [-0.2, 0) is 0 Å². The minimum absolute atomic E-state index is 0.322. The van der Waals surface area contributed by atoms with Gasteiger partial charge in [-0.25, -0.2) is 10.5 Å². The maximum atomic E-state index is 12.3. The standard InChI is InChI=1S/C15H12N4O2S/c1-21-9-6-7-12-13(8-9)22-15(17-12)18-14(20)10-4-2-3-5-11(10)19-16/h2-8,16H,1H3,(H,17,18,20). The van der Waals surface area contributed by atoms with Gasteiger partial charge in [-0.3, -0.25) is 10.1 Å². The molecule has 1 aromatic heterocycles. The zero-order valence-corrected chi connectivity index (χ0v) is 12.5. The molecule has 0 aliphatic heterocycles. The van der Waals surface area contributed by atoms with Crippen LogP contribution in [0, 0.1) is 5.53 Å². The molecule has 0 unspecified atom stereocenters. The Morgan fingerprint density at radius 1 is 1.32 bits per heavy atom. The first-order chi connectivity index (χ1) is 10.7. The second-order valence-corrected chi connectivity index (χ2v) is 5.47. The van der Waals surface area contributed by atoms with Crippen LogP contribution in [0.2, 0.25) is 0 Å². The number of aromatic nitrogens is 1. The lowest BCUT2D eigenvalue weighted by Crippen LogP contribution is -2.11. The van der Waals surface area contributed by atoms with E-state index in [1.54, 1.807) is 31.4 Å². The third-order valence-corrected chi connectivity index (χ3v) is 4.02. The molecule has 3 aromatic rings. The molecule has 6 nitrogen and oxygen atoms in total. The summed E-state index contributed by atoms with van der Waals surface area (Å²) in [5.74, 6) is 0.407. The average molecular weight is 312 g/mol. The predicted molar refractivity (Wildman–Crippen MR) is 85.4 cm³/mol. The first-order valence-electron chi connectivity index (χ1n) is 6.43. The fraction of sp³-hybridized carbons (Fsp3) is 0.0667. The van der Waals surface area contributed by atoms with E-state index in [-0.39, 0.29) is 5.91 Å². The van der Waals surface area contributed by atoms with Crippen molar-refractivity contribution in [3.8, 4) is 5.75 Å². The van der Waals surface area contributed by atoms with Crippen molar-refractivity contribution in [2.24, 2.45) is 5.11 Å². The molecule has 0 saturated carbocycles. The van der Waals surface area contributed by atoms with Gasteiger partial charge in [-0.2, -0.15) is 5.11 Å². The topological polar surface area (TPSA) is 87.4 Å². The molecule has 0 aliphatic carbocycles. The number of carbonyl (C=O) groups is 1. The summed E-state index contributed by atoms with van der Waals surface area (Å²) in [6, 6.07) is 12.2. The fourth-order valence-corrected chi connectivity index (χ4v) is 2.90. The van der Waals surface area contributed by atoms with E-state index in [1.807, 2.05) is 18.2 Å². The molecule has 0 atom stereocenters. The molecule has 2 aromatic carbocycles. The van der Waals surface area contributed by atoms with E-state index < -0.39 is 0 Å². The van der Waals surface area contributed by atoms with Crippen LogP contribution in [0.4, 0.5) is 10.8 Å². The molecule has 0 fully saturated rings. The molecule has 0 spiro atoms. The number of fused-ring (bicyclic) bond motifs is 1. The Hall–Kier alpha value is -2.80. The fourth-order valence-electron chi connectivity index (χ4n) is 2.01. The van der Waals surface area contributed by atoms with E-state index in [4.69, 9.17) is 10.3 Å². The molecular formula is C15H12N4O2S. The maximum Gasteiger partial charge on any atom is 0.259 e. The minimum Gasteiger partial charge on any atom is -0.497 e. The van der Waals surface area contributed by atoms with Gasteiger partial charge in [-0.1, -0.05) is 23.5 Å². The van der Waals surface area contributed by atoms with Crippen LogP contribution in [0.25, 0.3) is 10.2 Å². The van der Waals surface area contributed by atoms with E-state index in [9.17, 15) is 4.79 Å². The summed E-state index contributed by atoms with van der Waals surface area (Å²) in [6.07, 6.45) is 0. The number of rotatable bonds is 4. The summed E-state index contributed by atoms with van der Waals surface area (Å²) in [5, 5.41) is 6.59. The van der Waals surface area contributed by atoms with Gasteiger partial charge in [0.25, 0.3) is 5.91 Å². The van der Waals surface area contributed by atoms with Crippen molar-refractivity contribution in [3.63, 3.8) is 0 Å². The van der Waals surface area contributed by atoms with Crippen molar-refractivity contribution in [2.75, 3.05) is 12.4 Å². The molecule has 22 heavy (non-hydrogen) atoms. The monoisotopic (exact) mass is 312 g/mol. The van der Waals surface area contributed by atoms with E-state index in [1.165, 1.54) is 11.3 Å². The van der Waals surface area contributed by atoms with Gasteiger partial charge in [-0.05, 0) is 30.3 Å². The van der Waals surface area contributed by atoms with Crippen molar-refractivity contribution < 1.29 is 9.53 Å². The molecule has 0 saturated heterocycles. The molecule has 0 aliphatic rings. The Labute approximate surface area is 130 Å². The molecule has 110 valence electrons. The van der Waals surface area contributed by atoms with Gasteiger partial charge in [0.2, 0.25) is 0 Å². The Kier molecular flexibility index (Phi) is 3.80. The van der Waals surface area contributed by atoms with Crippen LogP contribution in [0.15, 0.2) is 47.6 Å². The van der Waals surface area contributed by atoms with Crippen molar-refractivity contribution in [2.45, 2.75) is 0 Å². The molecule has 1 heterocycles. The summed E-state index contributed by atoms with van der Waals surface area (Å²) < 4.78 is 6.09. The number of amides is 1. The zero-order valence-electron chi connectivity index (χ0n) is 11.7. The first kappa shape index (κ1) is 14.2. The summed E-state index contributed by atoms with van der Waals surface area (Å²) in [4.78, 5) is 16.6. The highest BCUT2D eigenvalue weighted by Crippen LogP contribution is 2.30. The Morgan fingerprint density at radius 3 is 2.91 bits per heavy atom. The smallest absolute Gasteiger partial charge is 0.259 e. The number of ether oxygens (including phenoxy) is 1. The Balaban J connectivity index is 1.89. The summed E-state index contributed by atoms with van der Waals surface area (Å²) in [5.41, 5.74) is 8.56. The van der Waals surface area contributed by atoms with Crippen LogP contribution < -0.4 is 10.1 Å². The highest BCUT2D eigenvalue weighted by molar-refractivity contribution is 7.22. The Bertz CT molecular complexity index is 860. The van der Waals surface area contributed by atoms with Crippen LogP contribution in [0.3, 0.4) is 0 Å². The molecular weight excluding hydrogens is 300 g/mol. The quantitative estimate of drug-likeness (QED) is 0.707. The van der Waals surface area contributed by atoms with Gasteiger partial charge in [0.1, 0.15) is 5.75 Å². The van der Waals surface area contributed by atoms with Crippen molar-refractivity contribution in [1.29, 1.82) is 5.53 Å². The second kappa shape index (κ2) is 5.90. The van der Waals surface area contributed by atoms with Crippen molar-refractivity contribution in [1.82, 2.24) is 4.98 Å². The normalized spacial score (nSPS) is 10.4. The van der Waals surface area contributed by atoms with Gasteiger partial charge < -0.3 is 4.74 Å². The third kappa shape index (κ3) is 2.66. The van der Waals surface area contributed by atoms with Crippen LogP contribution >= 0.6 is 11.3 Å². The summed E-state index contributed by atoms with van der Waals surface area (Å²) in [7, 11) is 1.60. The average Bonchev–Trinajstić information content (AvgIpc) is 2.95. The molecule has 0 bridgehead atoms. The van der Waals surface area contributed by atoms with E-state index in [0.29, 0.717) is 16.4 Å². The number of methoxy groups -OCH3 is 1. The van der Waals surface area contributed by atoms with Crippen molar-refractivity contribution in [3.05, 3.63) is 48.0 Å². The van der Waals surface area contributed by atoms with Gasteiger partial charge in [0.05, 0.1) is 28.6 Å². The second-order valence-electron chi connectivity index (χ2n) is 4.44. The van der Waals surface area contributed by atoms with Gasteiger partial charge >= 0.3 is 0 Å². The maximum absolute atomic E-state index is 12.3. The summed E-state index contributed by atoms with van der Waals surface area (Å²) in [6.45, 7) is 0. The summed E-state index contributed by atoms with van der Waals surface area (Å²) >= 11 is 1.36. The number of benzene rings is 2. The predicted octanol–water partition coefficient (Wildman–Crippen LogP) is 4.22. The first-order valence-corrected chi connectivity index (χ1v) is 7.25. The molecule has 1 amide bonds.